The van der Waals surface area contributed by atoms with Crippen LogP contribution < -0.4 is 11.2 Å². The number of carbonyl (C=O) groups excluding carboxylic acids is 1. The van der Waals surface area contributed by atoms with Crippen molar-refractivity contribution < 1.29 is 4.79 Å². The van der Waals surface area contributed by atoms with Crippen molar-refractivity contribution in [2.75, 3.05) is 11.6 Å². The second-order valence-electron chi connectivity index (χ2n) is 7.07. The summed E-state index contributed by atoms with van der Waals surface area (Å²) in [5.41, 5.74) is 2.41. The standard InChI is InChI=1S/C20H25N5OS2/c1-13(2)11-15-6-8-16(9-7-15)14(3)22-18(26)12-28-20-24-23-19(25(20)21)17-5-4-10-27-17/h4-10,13-14H,11-12,21H2,1-3H3,(H,22,26)/t14-/m0/s1. The third-order valence-corrected chi connectivity index (χ3v) is 6.05. The molecule has 3 N–H and O–H groups in total. The van der Waals surface area contributed by atoms with Crippen molar-refractivity contribution in [3.8, 4) is 10.7 Å². The molecule has 0 aliphatic rings. The van der Waals surface area contributed by atoms with Gasteiger partial charge in [-0.1, -0.05) is 55.9 Å². The van der Waals surface area contributed by atoms with Crippen molar-refractivity contribution in [2.24, 2.45) is 5.92 Å². The number of carbonyl (C=O) groups is 1. The Bertz CT molecular complexity index is 903. The van der Waals surface area contributed by atoms with E-state index in [2.05, 4.69) is 53.6 Å². The molecular weight excluding hydrogens is 390 g/mol. The number of thiophene rings is 1. The summed E-state index contributed by atoms with van der Waals surface area (Å²) < 4.78 is 1.43. The lowest BCUT2D eigenvalue weighted by Gasteiger charge is -2.15. The fourth-order valence-corrected chi connectivity index (χ4v) is 4.23. The summed E-state index contributed by atoms with van der Waals surface area (Å²) in [6, 6.07) is 12.3. The molecule has 0 aliphatic carbocycles. The van der Waals surface area contributed by atoms with Crippen LogP contribution in [0.3, 0.4) is 0 Å². The number of amides is 1. The maximum Gasteiger partial charge on any atom is 0.230 e. The van der Waals surface area contributed by atoms with Crippen molar-refractivity contribution in [1.29, 1.82) is 0 Å². The molecule has 0 unspecified atom stereocenters. The summed E-state index contributed by atoms with van der Waals surface area (Å²) in [5, 5.41) is 13.7. The second-order valence-corrected chi connectivity index (χ2v) is 8.96. The van der Waals surface area contributed by atoms with Gasteiger partial charge in [-0.15, -0.1) is 21.5 Å². The maximum absolute atomic E-state index is 12.3. The lowest BCUT2D eigenvalue weighted by atomic mass is 10.00. The molecule has 3 aromatic rings. The number of benzene rings is 1. The Kier molecular flexibility index (Phi) is 6.74. The summed E-state index contributed by atoms with van der Waals surface area (Å²) in [7, 11) is 0. The third kappa shape index (κ3) is 5.14. The summed E-state index contributed by atoms with van der Waals surface area (Å²) in [4.78, 5) is 13.3. The largest absolute Gasteiger partial charge is 0.349 e. The van der Waals surface area contributed by atoms with E-state index in [0.717, 1.165) is 16.9 Å². The summed E-state index contributed by atoms with van der Waals surface area (Å²) in [6.07, 6.45) is 1.06. The van der Waals surface area contributed by atoms with Gasteiger partial charge in [0.15, 0.2) is 5.82 Å². The molecule has 0 radical (unpaired) electrons. The molecule has 0 spiro atoms. The first-order chi connectivity index (χ1) is 13.4. The van der Waals surface area contributed by atoms with E-state index in [9.17, 15) is 4.79 Å². The minimum Gasteiger partial charge on any atom is -0.349 e. The third-order valence-electron chi connectivity index (χ3n) is 4.24. The first kappa shape index (κ1) is 20.4. The van der Waals surface area contributed by atoms with E-state index >= 15 is 0 Å². The lowest BCUT2D eigenvalue weighted by Crippen LogP contribution is -2.28. The van der Waals surface area contributed by atoms with Crippen LogP contribution in [0, 0.1) is 5.92 Å². The van der Waals surface area contributed by atoms with Gasteiger partial charge in [-0.2, -0.15) is 0 Å². The van der Waals surface area contributed by atoms with Crippen LogP contribution in [0.2, 0.25) is 0 Å². The number of thioether (sulfide) groups is 1. The first-order valence-corrected chi connectivity index (χ1v) is 11.1. The number of nitrogens with two attached hydrogens (primary N) is 1. The summed E-state index contributed by atoms with van der Waals surface area (Å²) >= 11 is 2.82. The minimum absolute atomic E-state index is 0.0568. The Balaban J connectivity index is 1.53. The van der Waals surface area contributed by atoms with E-state index in [1.165, 1.54) is 22.0 Å². The fourth-order valence-electron chi connectivity index (χ4n) is 2.86. The molecular formula is C20H25N5OS2. The normalized spacial score (nSPS) is 12.3. The highest BCUT2D eigenvalue weighted by Crippen LogP contribution is 2.25. The highest BCUT2D eigenvalue weighted by atomic mass is 32.2. The topological polar surface area (TPSA) is 85.8 Å². The number of nitrogen functional groups attached to an aromatic ring is 1. The van der Waals surface area contributed by atoms with Gasteiger partial charge >= 0.3 is 0 Å². The first-order valence-electron chi connectivity index (χ1n) is 9.19. The fraction of sp³-hybridized carbons (Fsp3) is 0.350. The highest BCUT2D eigenvalue weighted by Gasteiger charge is 2.15. The zero-order valence-electron chi connectivity index (χ0n) is 16.3. The number of nitrogens with zero attached hydrogens (tertiary/aromatic N) is 3. The Morgan fingerprint density at radius 2 is 1.96 bits per heavy atom. The Morgan fingerprint density at radius 3 is 2.61 bits per heavy atom. The summed E-state index contributed by atoms with van der Waals surface area (Å²) in [5.74, 6) is 7.47. The van der Waals surface area contributed by atoms with Crippen LogP contribution in [0.25, 0.3) is 10.7 Å². The van der Waals surface area contributed by atoms with Crippen LogP contribution in [0.1, 0.15) is 37.9 Å². The second kappa shape index (κ2) is 9.25. The number of hydrogen-bond donors (Lipinski definition) is 2. The van der Waals surface area contributed by atoms with Gasteiger partial charge in [0.1, 0.15) is 0 Å². The molecule has 0 saturated heterocycles. The Morgan fingerprint density at radius 1 is 1.21 bits per heavy atom. The molecule has 0 saturated carbocycles. The molecule has 6 nitrogen and oxygen atoms in total. The Labute approximate surface area is 173 Å². The molecule has 1 aromatic carbocycles. The van der Waals surface area contributed by atoms with E-state index in [1.54, 1.807) is 11.3 Å². The highest BCUT2D eigenvalue weighted by molar-refractivity contribution is 7.99. The van der Waals surface area contributed by atoms with E-state index in [4.69, 9.17) is 5.84 Å². The van der Waals surface area contributed by atoms with E-state index < -0.39 is 0 Å². The van der Waals surface area contributed by atoms with Crippen molar-refractivity contribution in [3.05, 3.63) is 52.9 Å². The smallest absolute Gasteiger partial charge is 0.230 e. The average Bonchev–Trinajstić information content (AvgIpc) is 3.29. The number of aromatic nitrogens is 3. The zero-order chi connectivity index (χ0) is 20.1. The van der Waals surface area contributed by atoms with Crippen LogP contribution in [-0.2, 0) is 11.2 Å². The van der Waals surface area contributed by atoms with Gasteiger partial charge in [0.25, 0.3) is 0 Å². The minimum atomic E-state index is -0.0653. The van der Waals surface area contributed by atoms with Crippen LogP contribution in [0.4, 0.5) is 0 Å². The maximum atomic E-state index is 12.3. The molecule has 2 heterocycles. The molecule has 28 heavy (non-hydrogen) atoms. The van der Waals surface area contributed by atoms with Crippen LogP contribution in [0.5, 0.6) is 0 Å². The summed E-state index contributed by atoms with van der Waals surface area (Å²) in [6.45, 7) is 6.40. The van der Waals surface area contributed by atoms with Crippen LogP contribution >= 0.6 is 23.1 Å². The predicted octanol–water partition coefficient (Wildman–Crippen LogP) is 3.89. The number of rotatable bonds is 8. The molecule has 148 valence electrons. The van der Waals surface area contributed by atoms with Crippen LogP contribution in [-0.4, -0.2) is 26.5 Å². The number of hydrogen-bond acceptors (Lipinski definition) is 6. The Hall–Kier alpha value is -2.32. The van der Waals surface area contributed by atoms with Gasteiger partial charge in [-0.3, -0.25) is 4.79 Å². The zero-order valence-corrected chi connectivity index (χ0v) is 17.9. The van der Waals surface area contributed by atoms with Gasteiger partial charge in [-0.25, -0.2) is 4.68 Å². The molecule has 3 rings (SSSR count). The average molecular weight is 416 g/mol. The van der Waals surface area contributed by atoms with Crippen molar-refractivity contribution in [2.45, 2.75) is 38.4 Å². The van der Waals surface area contributed by atoms with Crippen molar-refractivity contribution in [3.63, 3.8) is 0 Å². The van der Waals surface area contributed by atoms with E-state index in [0.29, 0.717) is 16.9 Å². The van der Waals surface area contributed by atoms with Crippen molar-refractivity contribution >= 4 is 29.0 Å². The van der Waals surface area contributed by atoms with Crippen LogP contribution in [0.15, 0.2) is 46.9 Å². The van der Waals surface area contributed by atoms with Gasteiger partial charge < -0.3 is 11.2 Å². The molecule has 2 aromatic heterocycles. The van der Waals surface area contributed by atoms with Gasteiger partial charge in [0, 0.05) is 0 Å². The molecule has 8 heteroatoms. The van der Waals surface area contributed by atoms with Crippen molar-refractivity contribution in [1.82, 2.24) is 20.2 Å². The van der Waals surface area contributed by atoms with E-state index in [-0.39, 0.29) is 17.7 Å². The lowest BCUT2D eigenvalue weighted by molar-refractivity contribution is -0.119. The predicted molar refractivity (Wildman–Crippen MR) is 116 cm³/mol. The SMILES string of the molecule is CC(C)Cc1ccc([C@H](C)NC(=O)CSc2nnc(-c3cccs3)n2N)cc1. The van der Waals surface area contributed by atoms with Gasteiger partial charge in [0.2, 0.25) is 11.1 Å². The van der Waals surface area contributed by atoms with Gasteiger partial charge in [0.05, 0.1) is 16.7 Å². The quantitative estimate of drug-likeness (QED) is 0.431. The van der Waals surface area contributed by atoms with E-state index in [1.807, 2.05) is 24.4 Å². The molecule has 0 bridgehead atoms. The molecule has 1 amide bonds. The number of nitrogens with one attached hydrogen (secondary N) is 1. The van der Waals surface area contributed by atoms with Gasteiger partial charge in [-0.05, 0) is 41.8 Å². The molecule has 1 atom stereocenters. The molecule has 0 aliphatic heterocycles. The monoisotopic (exact) mass is 415 g/mol. The molecule has 0 fully saturated rings.